The Kier molecular flexibility index (Phi) is 5.20. The van der Waals surface area contributed by atoms with Crippen LogP contribution >= 0.6 is 11.3 Å². The molecule has 2 rings (SSSR count). The van der Waals surface area contributed by atoms with Crippen molar-refractivity contribution in [3.8, 4) is 0 Å². The fourth-order valence-corrected chi connectivity index (χ4v) is 3.19. The molecule has 0 aromatic carbocycles. The van der Waals surface area contributed by atoms with Gasteiger partial charge in [-0.25, -0.2) is 0 Å². The molecule has 1 amide bonds. The Morgan fingerprint density at radius 2 is 2.28 bits per heavy atom. The minimum absolute atomic E-state index is 0.115. The molecule has 1 fully saturated rings. The number of nitrogens with one attached hydrogen (secondary N) is 2. The van der Waals surface area contributed by atoms with Gasteiger partial charge in [0.05, 0.1) is 6.54 Å². The molecule has 100 valence electrons. The first kappa shape index (κ1) is 13.6. The number of carbonyl (C=O) groups excluding carboxylic acids is 1. The Morgan fingerprint density at radius 1 is 1.50 bits per heavy atom. The second-order valence-electron chi connectivity index (χ2n) is 5.17. The summed E-state index contributed by atoms with van der Waals surface area (Å²) >= 11 is 1.70. The molecule has 18 heavy (non-hydrogen) atoms. The van der Waals surface area contributed by atoms with Crippen molar-refractivity contribution < 1.29 is 4.79 Å². The Labute approximate surface area is 113 Å². The molecule has 0 bridgehead atoms. The van der Waals surface area contributed by atoms with Crippen LogP contribution in [0, 0.1) is 0 Å². The average molecular weight is 266 g/mol. The quantitative estimate of drug-likeness (QED) is 0.829. The fourth-order valence-electron chi connectivity index (χ4n) is 2.51. The molecule has 2 N–H and O–H groups in total. The van der Waals surface area contributed by atoms with Crippen LogP contribution in [0.25, 0.3) is 0 Å². The standard InChI is InChI=1S/C14H22N2OS/c1-11(8-12-6-7-18-10-12)16-14(17)9-15-13-4-2-3-5-13/h6-7,10-11,13,15H,2-5,8-9H2,1H3,(H,16,17). The van der Waals surface area contributed by atoms with Gasteiger partial charge in [-0.05, 0) is 48.6 Å². The van der Waals surface area contributed by atoms with Gasteiger partial charge in [-0.1, -0.05) is 12.8 Å². The monoisotopic (exact) mass is 266 g/mol. The highest BCUT2D eigenvalue weighted by Gasteiger charge is 2.15. The van der Waals surface area contributed by atoms with Crippen LogP contribution in [0.5, 0.6) is 0 Å². The molecule has 1 heterocycles. The summed E-state index contributed by atoms with van der Waals surface area (Å²) in [6.07, 6.45) is 5.95. The van der Waals surface area contributed by atoms with Crippen molar-refractivity contribution >= 4 is 17.2 Å². The first-order valence-corrected chi connectivity index (χ1v) is 7.72. The second kappa shape index (κ2) is 6.90. The Hall–Kier alpha value is -0.870. The summed E-state index contributed by atoms with van der Waals surface area (Å²) in [5.74, 6) is 0.115. The summed E-state index contributed by atoms with van der Waals surface area (Å²) in [6, 6.07) is 2.88. The van der Waals surface area contributed by atoms with Crippen LogP contribution in [0.2, 0.25) is 0 Å². The molecule has 1 saturated carbocycles. The third kappa shape index (κ3) is 4.42. The summed E-state index contributed by atoms with van der Waals surface area (Å²) in [5.41, 5.74) is 1.30. The predicted molar refractivity (Wildman–Crippen MR) is 75.9 cm³/mol. The molecular formula is C14H22N2OS. The minimum atomic E-state index is 0.115. The molecule has 0 radical (unpaired) electrons. The van der Waals surface area contributed by atoms with E-state index in [1.165, 1.54) is 31.2 Å². The Bertz CT molecular complexity index is 358. The van der Waals surface area contributed by atoms with Gasteiger partial charge >= 0.3 is 0 Å². The zero-order valence-electron chi connectivity index (χ0n) is 10.9. The number of hydrogen-bond donors (Lipinski definition) is 2. The molecule has 3 nitrogen and oxygen atoms in total. The lowest BCUT2D eigenvalue weighted by Gasteiger charge is -2.15. The summed E-state index contributed by atoms with van der Waals surface area (Å²) in [7, 11) is 0. The van der Waals surface area contributed by atoms with Gasteiger partial charge in [-0.3, -0.25) is 4.79 Å². The maximum atomic E-state index is 11.8. The lowest BCUT2D eigenvalue weighted by Crippen LogP contribution is -2.42. The van der Waals surface area contributed by atoms with Gasteiger partial charge in [-0.15, -0.1) is 0 Å². The Balaban J connectivity index is 1.63. The Morgan fingerprint density at radius 3 is 2.94 bits per heavy atom. The number of carbonyl (C=O) groups is 1. The highest BCUT2D eigenvalue weighted by atomic mass is 32.1. The normalized spacial score (nSPS) is 17.8. The smallest absolute Gasteiger partial charge is 0.234 e. The number of rotatable bonds is 6. The van der Waals surface area contributed by atoms with Gasteiger partial charge < -0.3 is 10.6 Å². The predicted octanol–water partition coefficient (Wildman–Crippen LogP) is 2.33. The fraction of sp³-hybridized carbons (Fsp3) is 0.643. The average Bonchev–Trinajstić information content (AvgIpc) is 2.98. The van der Waals surface area contributed by atoms with E-state index < -0.39 is 0 Å². The van der Waals surface area contributed by atoms with E-state index in [-0.39, 0.29) is 11.9 Å². The number of thiophene rings is 1. The molecule has 1 aliphatic carbocycles. The zero-order valence-corrected chi connectivity index (χ0v) is 11.8. The summed E-state index contributed by atoms with van der Waals surface area (Å²) in [6.45, 7) is 2.52. The topological polar surface area (TPSA) is 41.1 Å². The van der Waals surface area contributed by atoms with Gasteiger partial charge in [-0.2, -0.15) is 11.3 Å². The van der Waals surface area contributed by atoms with Crippen LogP contribution in [0.15, 0.2) is 16.8 Å². The zero-order chi connectivity index (χ0) is 12.8. The molecule has 1 aliphatic rings. The molecule has 4 heteroatoms. The maximum absolute atomic E-state index is 11.8. The molecule has 0 spiro atoms. The number of hydrogen-bond acceptors (Lipinski definition) is 3. The van der Waals surface area contributed by atoms with Crippen LogP contribution in [0.1, 0.15) is 38.2 Å². The first-order valence-electron chi connectivity index (χ1n) is 6.78. The van der Waals surface area contributed by atoms with E-state index in [1.54, 1.807) is 11.3 Å². The molecule has 1 unspecified atom stereocenters. The minimum Gasteiger partial charge on any atom is -0.352 e. The van der Waals surface area contributed by atoms with Crippen molar-refractivity contribution in [1.82, 2.24) is 10.6 Å². The third-order valence-corrected chi connectivity index (χ3v) is 4.17. The second-order valence-corrected chi connectivity index (χ2v) is 5.95. The van der Waals surface area contributed by atoms with Crippen molar-refractivity contribution in [1.29, 1.82) is 0 Å². The van der Waals surface area contributed by atoms with Crippen LogP contribution in [0.3, 0.4) is 0 Å². The van der Waals surface area contributed by atoms with Crippen LogP contribution in [-0.4, -0.2) is 24.5 Å². The van der Waals surface area contributed by atoms with Crippen molar-refractivity contribution in [2.75, 3.05) is 6.54 Å². The van der Waals surface area contributed by atoms with E-state index in [9.17, 15) is 4.79 Å². The van der Waals surface area contributed by atoms with Gasteiger partial charge in [0, 0.05) is 12.1 Å². The van der Waals surface area contributed by atoms with E-state index in [0.29, 0.717) is 12.6 Å². The lowest BCUT2D eigenvalue weighted by atomic mass is 10.1. The third-order valence-electron chi connectivity index (χ3n) is 3.44. The first-order chi connectivity index (χ1) is 8.74. The van der Waals surface area contributed by atoms with E-state index in [4.69, 9.17) is 0 Å². The summed E-state index contributed by atoms with van der Waals surface area (Å²) in [5, 5.41) is 10.6. The molecular weight excluding hydrogens is 244 g/mol. The molecule has 0 saturated heterocycles. The van der Waals surface area contributed by atoms with Crippen LogP contribution < -0.4 is 10.6 Å². The van der Waals surface area contributed by atoms with Crippen LogP contribution in [-0.2, 0) is 11.2 Å². The van der Waals surface area contributed by atoms with Crippen molar-refractivity contribution in [3.63, 3.8) is 0 Å². The van der Waals surface area contributed by atoms with Crippen molar-refractivity contribution in [2.45, 2.75) is 51.1 Å². The van der Waals surface area contributed by atoms with Gasteiger partial charge in [0.1, 0.15) is 0 Å². The molecule has 1 atom stereocenters. The van der Waals surface area contributed by atoms with Gasteiger partial charge in [0.25, 0.3) is 0 Å². The van der Waals surface area contributed by atoms with Crippen LogP contribution in [0.4, 0.5) is 0 Å². The SMILES string of the molecule is CC(Cc1ccsc1)NC(=O)CNC1CCCC1. The largest absolute Gasteiger partial charge is 0.352 e. The summed E-state index contributed by atoms with van der Waals surface area (Å²) in [4.78, 5) is 11.8. The van der Waals surface area contributed by atoms with Gasteiger partial charge in [0.2, 0.25) is 5.91 Å². The molecule has 1 aromatic heterocycles. The molecule has 0 aliphatic heterocycles. The highest BCUT2D eigenvalue weighted by Crippen LogP contribution is 2.17. The van der Waals surface area contributed by atoms with Gasteiger partial charge in [0.15, 0.2) is 0 Å². The number of amides is 1. The van der Waals surface area contributed by atoms with E-state index in [0.717, 1.165) is 6.42 Å². The highest BCUT2D eigenvalue weighted by molar-refractivity contribution is 7.07. The van der Waals surface area contributed by atoms with E-state index in [1.807, 2.05) is 0 Å². The maximum Gasteiger partial charge on any atom is 0.234 e. The van der Waals surface area contributed by atoms with Crippen molar-refractivity contribution in [3.05, 3.63) is 22.4 Å². The lowest BCUT2D eigenvalue weighted by molar-refractivity contribution is -0.120. The van der Waals surface area contributed by atoms with E-state index in [2.05, 4.69) is 34.4 Å². The van der Waals surface area contributed by atoms with E-state index >= 15 is 0 Å². The summed E-state index contributed by atoms with van der Waals surface area (Å²) < 4.78 is 0. The van der Waals surface area contributed by atoms with Crippen molar-refractivity contribution in [2.24, 2.45) is 0 Å². The molecule has 1 aromatic rings.